The van der Waals surface area contributed by atoms with Crippen LogP contribution in [0.15, 0.2) is 18.2 Å². The number of methoxy groups -OCH3 is 1. The van der Waals surface area contributed by atoms with Gasteiger partial charge in [-0.25, -0.2) is 4.68 Å². The fraction of sp³-hybridized carbons (Fsp3) is 0.417. The third kappa shape index (κ3) is 1.61. The van der Waals surface area contributed by atoms with Crippen LogP contribution in [0.5, 0.6) is 5.75 Å². The molecule has 0 saturated heterocycles. The fourth-order valence-corrected chi connectivity index (χ4v) is 2.18. The standard InChI is InChI=1S/C12H15N5O/c1-7-6-9(7)17-12(14-15-16-17)11-8(13)4-3-5-10(11)18-2/h3-5,7,9H,6,13H2,1-2H3. The number of nitrogens with two attached hydrogens (primary N) is 1. The van der Waals surface area contributed by atoms with Gasteiger partial charge < -0.3 is 10.5 Å². The van der Waals surface area contributed by atoms with Crippen LogP contribution >= 0.6 is 0 Å². The summed E-state index contributed by atoms with van der Waals surface area (Å²) >= 11 is 0. The van der Waals surface area contributed by atoms with E-state index in [2.05, 4.69) is 22.4 Å². The molecule has 2 aromatic rings. The Balaban J connectivity index is 2.13. The molecule has 1 fully saturated rings. The van der Waals surface area contributed by atoms with Gasteiger partial charge in [0.25, 0.3) is 0 Å². The van der Waals surface area contributed by atoms with Crippen LogP contribution in [-0.4, -0.2) is 27.3 Å². The zero-order valence-electron chi connectivity index (χ0n) is 10.4. The van der Waals surface area contributed by atoms with Crippen LogP contribution in [0.2, 0.25) is 0 Å². The largest absolute Gasteiger partial charge is 0.496 e. The highest BCUT2D eigenvalue weighted by Crippen LogP contribution is 2.45. The van der Waals surface area contributed by atoms with E-state index in [4.69, 9.17) is 10.5 Å². The first-order chi connectivity index (χ1) is 8.72. The molecule has 0 bridgehead atoms. The topological polar surface area (TPSA) is 78.8 Å². The average molecular weight is 245 g/mol. The minimum Gasteiger partial charge on any atom is -0.496 e. The van der Waals surface area contributed by atoms with Crippen molar-refractivity contribution in [3.05, 3.63) is 18.2 Å². The Labute approximate surface area is 105 Å². The van der Waals surface area contributed by atoms with Crippen molar-refractivity contribution in [1.82, 2.24) is 20.2 Å². The lowest BCUT2D eigenvalue weighted by Gasteiger charge is -2.10. The lowest BCUT2D eigenvalue weighted by molar-refractivity contribution is 0.416. The summed E-state index contributed by atoms with van der Waals surface area (Å²) in [6.07, 6.45) is 1.10. The minimum atomic E-state index is 0.374. The van der Waals surface area contributed by atoms with Crippen LogP contribution in [0, 0.1) is 5.92 Å². The van der Waals surface area contributed by atoms with Gasteiger partial charge in [0.05, 0.1) is 18.7 Å². The summed E-state index contributed by atoms with van der Waals surface area (Å²) in [7, 11) is 1.62. The molecule has 3 rings (SSSR count). The lowest BCUT2D eigenvalue weighted by Crippen LogP contribution is -2.04. The highest BCUT2D eigenvalue weighted by Gasteiger charge is 2.38. The molecule has 0 amide bonds. The smallest absolute Gasteiger partial charge is 0.188 e. The van der Waals surface area contributed by atoms with Gasteiger partial charge >= 0.3 is 0 Å². The maximum atomic E-state index is 6.02. The van der Waals surface area contributed by atoms with E-state index >= 15 is 0 Å². The number of tetrazole rings is 1. The Morgan fingerprint density at radius 3 is 2.89 bits per heavy atom. The first kappa shape index (κ1) is 11.0. The molecule has 18 heavy (non-hydrogen) atoms. The number of anilines is 1. The summed E-state index contributed by atoms with van der Waals surface area (Å²) in [5.74, 6) is 1.99. The van der Waals surface area contributed by atoms with Crippen molar-refractivity contribution in [2.45, 2.75) is 19.4 Å². The first-order valence-electron chi connectivity index (χ1n) is 5.93. The monoisotopic (exact) mass is 245 g/mol. The Hall–Kier alpha value is -2.11. The van der Waals surface area contributed by atoms with Crippen molar-refractivity contribution in [3.63, 3.8) is 0 Å². The van der Waals surface area contributed by atoms with Crippen LogP contribution in [0.25, 0.3) is 11.4 Å². The van der Waals surface area contributed by atoms with Crippen molar-refractivity contribution in [3.8, 4) is 17.1 Å². The molecule has 1 aromatic heterocycles. The fourth-order valence-electron chi connectivity index (χ4n) is 2.18. The number of aromatic nitrogens is 4. The SMILES string of the molecule is COc1cccc(N)c1-c1nnnn1C1CC1C. The van der Waals surface area contributed by atoms with Gasteiger partial charge in [0, 0.05) is 5.69 Å². The molecular formula is C12H15N5O. The van der Waals surface area contributed by atoms with E-state index in [0.717, 1.165) is 12.0 Å². The van der Waals surface area contributed by atoms with Gasteiger partial charge in [-0.15, -0.1) is 5.10 Å². The molecule has 1 aliphatic carbocycles. The predicted molar refractivity (Wildman–Crippen MR) is 67.0 cm³/mol. The van der Waals surface area contributed by atoms with Crippen molar-refractivity contribution in [2.24, 2.45) is 5.92 Å². The number of ether oxygens (including phenoxy) is 1. The van der Waals surface area contributed by atoms with E-state index in [9.17, 15) is 0 Å². The van der Waals surface area contributed by atoms with Crippen molar-refractivity contribution in [1.29, 1.82) is 0 Å². The number of hydrogen-bond acceptors (Lipinski definition) is 5. The molecule has 1 aliphatic rings. The third-order valence-electron chi connectivity index (χ3n) is 3.38. The van der Waals surface area contributed by atoms with Crippen LogP contribution in [0.3, 0.4) is 0 Å². The van der Waals surface area contributed by atoms with E-state index in [0.29, 0.717) is 29.2 Å². The quantitative estimate of drug-likeness (QED) is 0.829. The summed E-state index contributed by atoms with van der Waals surface area (Å²) in [6.45, 7) is 2.18. The van der Waals surface area contributed by atoms with Crippen molar-refractivity contribution >= 4 is 5.69 Å². The summed E-state index contributed by atoms with van der Waals surface area (Å²) in [5.41, 5.74) is 7.41. The average Bonchev–Trinajstić information content (AvgIpc) is 2.91. The second-order valence-electron chi connectivity index (χ2n) is 4.65. The maximum absolute atomic E-state index is 6.02. The normalized spacial score (nSPS) is 21.9. The first-order valence-corrected chi connectivity index (χ1v) is 5.93. The van der Waals surface area contributed by atoms with Gasteiger partial charge in [0.2, 0.25) is 0 Å². The van der Waals surface area contributed by atoms with Crippen LogP contribution < -0.4 is 10.5 Å². The number of rotatable bonds is 3. The van der Waals surface area contributed by atoms with E-state index in [1.165, 1.54) is 0 Å². The number of benzene rings is 1. The highest BCUT2D eigenvalue weighted by atomic mass is 16.5. The number of hydrogen-bond donors (Lipinski definition) is 1. The molecular weight excluding hydrogens is 230 g/mol. The molecule has 6 nitrogen and oxygen atoms in total. The van der Waals surface area contributed by atoms with Gasteiger partial charge in [-0.1, -0.05) is 13.0 Å². The summed E-state index contributed by atoms with van der Waals surface area (Å²) in [5, 5.41) is 11.9. The van der Waals surface area contributed by atoms with E-state index in [-0.39, 0.29) is 0 Å². The highest BCUT2D eigenvalue weighted by molar-refractivity contribution is 5.77. The van der Waals surface area contributed by atoms with Crippen LogP contribution in [0.4, 0.5) is 5.69 Å². The summed E-state index contributed by atoms with van der Waals surface area (Å²) in [4.78, 5) is 0. The van der Waals surface area contributed by atoms with E-state index in [1.807, 2.05) is 22.9 Å². The Morgan fingerprint density at radius 2 is 2.22 bits per heavy atom. The van der Waals surface area contributed by atoms with Crippen LogP contribution in [0.1, 0.15) is 19.4 Å². The Kier molecular flexibility index (Phi) is 2.43. The second-order valence-corrected chi connectivity index (χ2v) is 4.65. The molecule has 2 N–H and O–H groups in total. The molecule has 1 aromatic carbocycles. The zero-order chi connectivity index (χ0) is 12.7. The number of nitrogen functional groups attached to an aromatic ring is 1. The Morgan fingerprint density at radius 1 is 1.44 bits per heavy atom. The summed E-state index contributed by atoms with van der Waals surface area (Å²) < 4.78 is 7.19. The van der Waals surface area contributed by atoms with Gasteiger partial charge in [-0.3, -0.25) is 0 Å². The molecule has 0 spiro atoms. The second kappa shape index (κ2) is 3.97. The molecule has 2 atom stereocenters. The van der Waals surface area contributed by atoms with Crippen molar-refractivity contribution in [2.75, 3.05) is 12.8 Å². The van der Waals surface area contributed by atoms with E-state index < -0.39 is 0 Å². The molecule has 0 aliphatic heterocycles. The molecule has 0 radical (unpaired) electrons. The number of nitrogens with zero attached hydrogens (tertiary/aromatic N) is 4. The van der Waals surface area contributed by atoms with Gasteiger partial charge in [0.1, 0.15) is 5.75 Å². The van der Waals surface area contributed by atoms with E-state index in [1.54, 1.807) is 7.11 Å². The molecule has 2 unspecified atom stereocenters. The minimum absolute atomic E-state index is 0.374. The van der Waals surface area contributed by atoms with Crippen LogP contribution in [-0.2, 0) is 0 Å². The predicted octanol–water partition coefficient (Wildman–Crippen LogP) is 1.51. The van der Waals surface area contributed by atoms with Gasteiger partial charge in [-0.05, 0) is 34.9 Å². The summed E-state index contributed by atoms with van der Waals surface area (Å²) in [6, 6.07) is 5.92. The third-order valence-corrected chi connectivity index (χ3v) is 3.38. The lowest BCUT2D eigenvalue weighted by atomic mass is 10.1. The molecule has 94 valence electrons. The Bertz CT molecular complexity index is 580. The van der Waals surface area contributed by atoms with Gasteiger partial charge in [0.15, 0.2) is 5.82 Å². The molecule has 1 saturated carbocycles. The zero-order valence-corrected chi connectivity index (χ0v) is 10.4. The molecule has 6 heteroatoms. The maximum Gasteiger partial charge on any atom is 0.188 e. The van der Waals surface area contributed by atoms with Crippen molar-refractivity contribution < 1.29 is 4.74 Å². The molecule has 1 heterocycles. The van der Waals surface area contributed by atoms with Gasteiger partial charge in [-0.2, -0.15) is 0 Å².